The van der Waals surface area contributed by atoms with Crippen LogP contribution in [0.4, 0.5) is 26.3 Å². The Balaban J connectivity index is 0.000000203. The zero-order valence-electron chi connectivity index (χ0n) is 75.2. The Hall–Kier alpha value is -4.65. The van der Waals surface area contributed by atoms with Gasteiger partial charge in [0.05, 0.1) is 67.8 Å². The molecule has 0 saturated carbocycles. The average Bonchev–Trinajstić information content (AvgIpc) is 1.63. The van der Waals surface area contributed by atoms with E-state index in [1.165, 1.54) is 250 Å². The second-order valence-electron chi connectivity index (χ2n) is 30.9. The molecular formula is C95H130F6O9S12. The van der Waals surface area contributed by atoms with Crippen molar-refractivity contribution in [1.29, 1.82) is 0 Å². The lowest BCUT2D eigenvalue weighted by Gasteiger charge is -2.04. The molecular weight excluding hydrogens is 1780 g/mol. The maximum Gasteiger partial charge on any atom is 0.351 e. The molecule has 0 aliphatic carbocycles. The second-order valence-corrected chi connectivity index (χ2v) is 45.5. The summed E-state index contributed by atoms with van der Waals surface area (Å²) in [5.74, 6) is -3.32. The van der Waals surface area contributed by atoms with Crippen LogP contribution in [-0.2, 0) is 14.2 Å². The van der Waals surface area contributed by atoms with E-state index in [9.17, 15) is 40.7 Å². The number of carbonyl (C=O) groups excluding carboxylic acids is 3. The Morgan fingerprint density at radius 1 is 0.213 bits per heavy atom. The molecule has 27 heteroatoms. The third kappa shape index (κ3) is 29.7. The van der Waals surface area contributed by atoms with Crippen molar-refractivity contribution in [3.63, 3.8) is 0 Å². The van der Waals surface area contributed by atoms with Gasteiger partial charge in [0.2, 0.25) is 15.2 Å². The Bertz CT molecular complexity index is 5170. The summed E-state index contributed by atoms with van der Waals surface area (Å²) in [5, 5.41) is 5.46. The molecule has 9 nitrogen and oxygen atoms in total. The topological polar surface area (TPSA) is 107 Å². The SMILES string of the molecule is CCCCCCCCCCCCOC(=O)c1sc2c(C)sc(C)c2c1F.CCCCCCCCCCCCOc1sc2c(C)sc(C)c2c1F.CCCCCCCCOC(=O)c1sc2c(C)sc(C)c2c1F.CCCCCCCCOc1sc2c(C)sc(C)c2c1F.CCOC(=O)c1sc2c(C)sc(C)c2c1F.CCOc1sc2c(C)sc(C)c2c1F. The summed E-state index contributed by atoms with van der Waals surface area (Å²) in [6.07, 6.45) is 39.6. The lowest BCUT2D eigenvalue weighted by atomic mass is 10.1. The van der Waals surface area contributed by atoms with Crippen molar-refractivity contribution in [3.8, 4) is 15.2 Å². The van der Waals surface area contributed by atoms with Crippen LogP contribution < -0.4 is 14.2 Å². The number of ether oxygens (including phenoxy) is 6. The summed E-state index contributed by atoms with van der Waals surface area (Å²) in [6, 6.07) is 0. The van der Waals surface area contributed by atoms with Crippen molar-refractivity contribution in [2.24, 2.45) is 0 Å². The smallest absolute Gasteiger partial charge is 0.351 e. The molecule has 0 atom stereocenters. The van der Waals surface area contributed by atoms with E-state index >= 15 is 0 Å². The quantitative estimate of drug-likeness (QED) is 0.0160. The van der Waals surface area contributed by atoms with Crippen molar-refractivity contribution in [2.75, 3.05) is 39.6 Å². The van der Waals surface area contributed by atoms with Crippen molar-refractivity contribution in [2.45, 2.75) is 330 Å². The highest BCUT2D eigenvalue weighted by Gasteiger charge is 2.28. The molecule has 0 bridgehead atoms. The molecule has 0 unspecified atom stereocenters. The zero-order chi connectivity index (χ0) is 89.1. The minimum absolute atomic E-state index is 0.0888. The number of unbranched alkanes of at least 4 members (excludes halogenated alkanes) is 28. The molecule has 0 spiro atoms. The maximum absolute atomic E-state index is 14.5. The van der Waals surface area contributed by atoms with Crippen molar-refractivity contribution >= 4 is 214 Å². The van der Waals surface area contributed by atoms with Gasteiger partial charge in [0.1, 0.15) is 14.6 Å². The van der Waals surface area contributed by atoms with Gasteiger partial charge in [-0.1, -0.05) is 241 Å². The number of aryl methyl sites for hydroxylation is 12. The number of carbonyl (C=O) groups is 3. The van der Waals surface area contributed by atoms with Gasteiger partial charge in [0, 0.05) is 90.8 Å². The van der Waals surface area contributed by atoms with Crippen LogP contribution in [0.15, 0.2) is 0 Å². The van der Waals surface area contributed by atoms with Gasteiger partial charge in [0.25, 0.3) is 0 Å². The molecule has 0 amide bonds. The summed E-state index contributed by atoms with van der Waals surface area (Å²) in [7, 11) is 0. The third-order valence-electron chi connectivity index (χ3n) is 20.9. The van der Waals surface area contributed by atoms with E-state index in [4.69, 9.17) is 28.4 Å². The van der Waals surface area contributed by atoms with Gasteiger partial charge in [-0.05, 0) is 123 Å². The number of hydrogen-bond acceptors (Lipinski definition) is 21. The van der Waals surface area contributed by atoms with Crippen LogP contribution in [0.3, 0.4) is 0 Å². The molecule has 0 radical (unpaired) electrons. The van der Waals surface area contributed by atoms with Crippen LogP contribution in [0.5, 0.6) is 15.2 Å². The molecule has 12 rings (SSSR count). The molecule has 12 aromatic heterocycles. The Morgan fingerprint density at radius 2 is 0.410 bits per heavy atom. The highest BCUT2D eigenvalue weighted by atomic mass is 32.1. The predicted octanol–water partition coefficient (Wildman–Crippen LogP) is 36.5. The third-order valence-corrected chi connectivity index (χ3v) is 35.2. The van der Waals surface area contributed by atoms with E-state index < -0.39 is 35.4 Å². The normalized spacial score (nSPS) is 11.3. The summed E-state index contributed by atoms with van der Waals surface area (Å²) in [4.78, 5) is 48.7. The lowest BCUT2D eigenvalue weighted by molar-refractivity contribution is 0.0489. The van der Waals surface area contributed by atoms with Gasteiger partial charge < -0.3 is 28.4 Å². The van der Waals surface area contributed by atoms with Gasteiger partial charge in [0.15, 0.2) is 34.9 Å². The Morgan fingerprint density at radius 3 is 0.623 bits per heavy atom. The number of halogens is 6. The van der Waals surface area contributed by atoms with E-state index in [1.807, 2.05) is 83.1 Å². The van der Waals surface area contributed by atoms with Crippen LogP contribution in [0.25, 0.3) is 60.5 Å². The van der Waals surface area contributed by atoms with Crippen LogP contribution >= 0.6 is 136 Å². The molecule has 0 aliphatic rings. The molecule has 12 aromatic rings. The molecule has 0 fully saturated rings. The Kier molecular flexibility index (Phi) is 46.7. The van der Waals surface area contributed by atoms with Crippen LogP contribution in [0.1, 0.15) is 335 Å². The summed E-state index contributed by atoms with van der Waals surface area (Å²) >= 11 is 17.6. The fourth-order valence-electron chi connectivity index (χ4n) is 14.5. The first-order valence-electron chi connectivity index (χ1n) is 44.1. The maximum atomic E-state index is 14.5. The molecule has 678 valence electrons. The molecule has 0 N–H and O–H groups in total. The monoisotopic (exact) mass is 1910 g/mol. The molecule has 0 saturated heterocycles. The number of fused-ring (bicyclic) bond motifs is 6. The lowest BCUT2D eigenvalue weighted by Crippen LogP contribution is -2.06. The number of rotatable bonds is 44. The van der Waals surface area contributed by atoms with Gasteiger partial charge in [-0.25, -0.2) is 40.7 Å². The first kappa shape index (κ1) is 104. The van der Waals surface area contributed by atoms with Gasteiger partial charge in [-0.15, -0.1) is 102 Å². The predicted molar refractivity (Wildman–Crippen MR) is 524 cm³/mol. The molecule has 0 aliphatic heterocycles. The van der Waals surface area contributed by atoms with Gasteiger partial charge >= 0.3 is 17.9 Å². The standard InChI is InChI=1S/C21H31FO2S2.C20H31FOS2.C17H23FO2S2.C16H23FOS2.C11H11FO2S2.C10H11FOS2/c1-4-5-6-7-8-9-10-11-12-13-14-24-21(23)20-18(22)17-15(2)25-16(3)19(17)26-20;1-4-5-6-7-8-9-10-11-12-13-14-22-20-18(21)17-15(2)23-16(3)19(17)24-20;1-4-5-6-7-8-9-10-20-17(19)16-14(18)13-11(2)21-12(3)15(13)22-16;1-4-5-6-7-8-9-10-18-16-14(17)13-11(2)19-12(3)15(13)20-16;1-4-14-11(13)10-8(12)7-5(2)15-6(3)9(7)16-10;1-4-12-10-8(11)7-5(2)13-6(3)9(7)14-10/h4-14H2,1-3H3;4-14H2,1-3H3;4-10H2,1-3H3;4-10H2,1-3H3;4H2,1-3H3;4H2,1-3H3. The van der Waals surface area contributed by atoms with Crippen LogP contribution in [-0.4, -0.2) is 57.5 Å². The Labute approximate surface area is 769 Å². The fraction of sp³-hybridized carbons (Fsp3) is 0.589. The largest absolute Gasteiger partial charge is 0.482 e. The van der Waals surface area contributed by atoms with Crippen molar-refractivity contribution < 1.29 is 69.1 Å². The number of thiophene rings is 12. The van der Waals surface area contributed by atoms with E-state index in [0.717, 1.165) is 127 Å². The molecule has 0 aromatic carbocycles. The minimum Gasteiger partial charge on any atom is -0.482 e. The minimum atomic E-state index is -0.565. The highest BCUT2D eigenvalue weighted by Crippen LogP contribution is 2.48. The average molecular weight is 1910 g/mol. The molecule has 12 heterocycles. The zero-order valence-corrected chi connectivity index (χ0v) is 85.0. The highest BCUT2D eigenvalue weighted by molar-refractivity contribution is 7.28. The molecule has 122 heavy (non-hydrogen) atoms. The summed E-state index contributed by atoms with van der Waals surface area (Å²) in [5.41, 5.74) is 0. The number of hydrogen-bond donors (Lipinski definition) is 0. The van der Waals surface area contributed by atoms with Crippen molar-refractivity contribution in [3.05, 3.63) is 108 Å². The van der Waals surface area contributed by atoms with E-state index in [-0.39, 0.29) is 38.7 Å². The van der Waals surface area contributed by atoms with Crippen LogP contribution in [0.2, 0.25) is 0 Å². The summed E-state index contributed by atoms with van der Waals surface area (Å²) < 4.78 is 123. The first-order chi connectivity index (χ1) is 58.6. The second kappa shape index (κ2) is 54.6. The van der Waals surface area contributed by atoms with Crippen molar-refractivity contribution in [1.82, 2.24) is 0 Å². The van der Waals surface area contributed by atoms with Gasteiger partial charge in [-0.2, -0.15) is 0 Å². The summed E-state index contributed by atoms with van der Waals surface area (Å²) in [6.45, 7) is 38.9. The van der Waals surface area contributed by atoms with E-state index in [2.05, 4.69) is 34.6 Å². The van der Waals surface area contributed by atoms with Gasteiger partial charge in [-0.3, -0.25) is 0 Å². The number of esters is 3. The first-order valence-corrected chi connectivity index (χ1v) is 53.9. The van der Waals surface area contributed by atoms with E-state index in [1.54, 1.807) is 74.9 Å². The van der Waals surface area contributed by atoms with E-state index in [0.29, 0.717) is 64.4 Å². The van der Waals surface area contributed by atoms with Crippen LogP contribution in [0, 0.1) is 118 Å². The fourth-order valence-corrected chi connectivity index (χ4v) is 28.2.